The molecule has 0 aromatic rings. The van der Waals surface area contributed by atoms with Crippen molar-refractivity contribution in [1.29, 1.82) is 0 Å². The summed E-state index contributed by atoms with van der Waals surface area (Å²) in [5.74, 6) is 2.64. The Bertz CT molecular complexity index is 115. The Labute approximate surface area is 85.5 Å². The normalized spacial score (nSPS) is 23.3. The lowest BCUT2D eigenvalue weighted by Crippen LogP contribution is -2.34. The highest BCUT2D eigenvalue weighted by Crippen LogP contribution is 2.16. The molecule has 0 bridgehead atoms. The fraction of sp³-hybridized carbons (Fsp3) is 1.00. The Kier molecular flexibility index (Phi) is 6.68. The van der Waals surface area contributed by atoms with E-state index in [9.17, 15) is 0 Å². The van der Waals surface area contributed by atoms with Crippen molar-refractivity contribution in [3.05, 3.63) is 0 Å². The van der Waals surface area contributed by atoms with Crippen LogP contribution in [-0.4, -0.2) is 35.8 Å². The average molecular weight is 203 g/mol. The van der Waals surface area contributed by atoms with Gasteiger partial charge in [-0.1, -0.05) is 0 Å². The van der Waals surface area contributed by atoms with Gasteiger partial charge in [0.1, 0.15) is 0 Å². The second-order valence-electron chi connectivity index (χ2n) is 3.65. The monoisotopic (exact) mass is 203 g/mol. The van der Waals surface area contributed by atoms with E-state index in [0.29, 0.717) is 6.61 Å². The smallest absolute Gasteiger partial charge is 0.0431 e. The molecule has 3 heteroatoms. The molecule has 0 saturated carbocycles. The minimum Gasteiger partial charge on any atom is -0.396 e. The standard InChI is InChI=1S/C10H21NOS/c12-7-3-1-2-6-11-10-5-4-8-13-9-10/h10-12H,1-9H2. The predicted octanol–water partition coefficient (Wildman–Crippen LogP) is 1.63. The van der Waals surface area contributed by atoms with E-state index in [1.807, 2.05) is 0 Å². The number of aliphatic hydroxyl groups excluding tert-OH is 1. The first-order valence-electron chi connectivity index (χ1n) is 5.35. The largest absolute Gasteiger partial charge is 0.396 e. The zero-order valence-corrected chi connectivity index (χ0v) is 9.11. The Balaban J connectivity index is 1.86. The topological polar surface area (TPSA) is 32.3 Å². The van der Waals surface area contributed by atoms with Gasteiger partial charge in [0.2, 0.25) is 0 Å². The molecule has 0 aliphatic carbocycles. The highest BCUT2D eigenvalue weighted by molar-refractivity contribution is 7.99. The molecule has 1 aliphatic rings. The van der Waals surface area contributed by atoms with Gasteiger partial charge in [-0.3, -0.25) is 0 Å². The number of hydrogen-bond acceptors (Lipinski definition) is 3. The van der Waals surface area contributed by atoms with Crippen molar-refractivity contribution in [3.8, 4) is 0 Å². The summed E-state index contributed by atoms with van der Waals surface area (Å²) in [4.78, 5) is 0. The van der Waals surface area contributed by atoms with E-state index >= 15 is 0 Å². The Morgan fingerprint density at radius 3 is 2.92 bits per heavy atom. The third kappa shape index (κ3) is 5.55. The van der Waals surface area contributed by atoms with Gasteiger partial charge in [-0.05, 0) is 44.4 Å². The second kappa shape index (κ2) is 7.65. The molecule has 1 heterocycles. The number of hydrogen-bond donors (Lipinski definition) is 2. The lowest BCUT2D eigenvalue weighted by Gasteiger charge is -2.22. The summed E-state index contributed by atoms with van der Waals surface area (Å²) in [7, 11) is 0. The fourth-order valence-electron chi connectivity index (χ4n) is 1.62. The third-order valence-corrected chi connectivity index (χ3v) is 3.64. The van der Waals surface area contributed by atoms with Crippen LogP contribution in [0.4, 0.5) is 0 Å². The number of thioether (sulfide) groups is 1. The van der Waals surface area contributed by atoms with Gasteiger partial charge in [0.25, 0.3) is 0 Å². The van der Waals surface area contributed by atoms with Crippen molar-refractivity contribution < 1.29 is 5.11 Å². The molecular weight excluding hydrogens is 182 g/mol. The van der Waals surface area contributed by atoms with Gasteiger partial charge in [0.05, 0.1) is 0 Å². The van der Waals surface area contributed by atoms with Crippen LogP contribution in [0.1, 0.15) is 32.1 Å². The summed E-state index contributed by atoms with van der Waals surface area (Å²) in [6.07, 6.45) is 6.05. The van der Waals surface area contributed by atoms with Gasteiger partial charge >= 0.3 is 0 Å². The highest BCUT2D eigenvalue weighted by Gasteiger charge is 2.11. The van der Waals surface area contributed by atoms with Crippen LogP contribution in [0.15, 0.2) is 0 Å². The Morgan fingerprint density at radius 1 is 1.31 bits per heavy atom. The molecule has 1 saturated heterocycles. The van der Waals surface area contributed by atoms with Gasteiger partial charge in [0, 0.05) is 18.4 Å². The molecule has 2 N–H and O–H groups in total. The minimum atomic E-state index is 0.347. The number of aliphatic hydroxyl groups is 1. The minimum absolute atomic E-state index is 0.347. The van der Waals surface area contributed by atoms with Crippen LogP contribution in [-0.2, 0) is 0 Å². The molecule has 0 amide bonds. The zero-order chi connectivity index (χ0) is 9.36. The third-order valence-electron chi connectivity index (χ3n) is 2.43. The summed E-state index contributed by atoms with van der Waals surface area (Å²) in [6.45, 7) is 1.48. The summed E-state index contributed by atoms with van der Waals surface area (Å²) < 4.78 is 0. The summed E-state index contributed by atoms with van der Waals surface area (Å²) >= 11 is 2.07. The molecule has 1 unspecified atom stereocenters. The van der Waals surface area contributed by atoms with Crippen molar-refractivity contribution in [1.82, 2.24) is 5.32 Å². The van der Waals surface area contributed by atoms with Crippen LogP contribution in [0.2, 0.25) is 0 Å². The van der Waals surface area contributed by atoms with Gasteiger partial charge in [0.15, 0.2) is 0 Å². The zero-order valence-electron chi connectivity index (χ0n) is 8.30. The van der Waals surface area contributed by atoms with Crippen molar-refractivity contribution >= 4 is 11.8 Å². The number of nitrogens with one attached hydrogen (secondary N) is 1. The first kappa shape index (κ1) is 11.3. The first-order valence-corrected chi connectivity index (χ1v) is 6.51. The van der Waals surface area contributed by atoms with E-state index in [1.54, 1.807) is 0 Å². The van der Waals surface area contributed by atoms with E-state index in [1.165, 1.54) is 30.8 Å². The summed E-state index contributed by atoms with van der Waals surface area (Å²) in [6, 6.07) is 0.757. The van der Waals surface area contributed by atoms with Crippen molar-refractivity contribution in [3.63, 3.8) is 0 Å². The SMILES string of the molecule is OCCCCCNC1CCCSC1. The van der Waals surface area contributed by atoms with E-state index in [4.69, 9.17) is 5.11 Å². The molecule has 0 aromatic carbocycles. The molecule has 1 atom stereocenters. The predicted molar refractivity (Wildman–Crippen MR) is 59.3 cm³/mol. The van der Waals surface area contributed by atoms with E-state index in [0.717, 1.165) is 25.4 Å². The van der Waals surface area contributed by atoms with Gasteiger partial charge in [-0.15, -0.1) is 0 Å². The van der Waals surface area contributed by atoms with E-state index in [-0.39, 0.29) is 0 Å². The van der Waals surface area contributed by atoms with E-state index in [2.05, 4.69) is 17.1 Å². The highest BCUT2D eigenvalue weighted by atomic mass is 32.2. The van der Waals surface area contributed by atoms with Crippen LogP contribution in [0.3, 0.4) is 0 Å². The molecular formula is C10H21NOS. The van der Waals surface area contributed by atoms with Crippen LogP contribution < -0.4 is 5.32 Å². The van der Waals surface area contributed by atoms with Gasteiger partial charge < -0.3 is 10.4 Å². The molecule has 1 rings (SSSR count). The molecule has 0 spiro atoms. The maximum atomic E-state index is 8.59. The molecule has 1 fully saturated rings. The van der Waals surface area contributed by atoms with Crippen molar-refractivity contribution in [2.45, 2.75) is 38.1 Å². The van der Waals surface area contributed by atoms with Crippen LogP contribution in [0, 0.1) is 0 Å². The first-order chi connectivity index (χ1) is 6.43. The lowest BCUT2D eigenvalue weighted by atomic mass is 10.1. The summed E-state index contributed by atoms with van der Waals surface area (Å²) in [5, 5.41) is 12.2. The molecule has 0 radical (unpaired) electrons. The number of unbranched alkanes of at least 4 members (excludes halogenated alkanes) is 2. The molecule has 78 valence electrons. The van der Waals surface area contributed by atoms with E-state index < -0.39 is 0 Å². The van der Waals surface area contributed by atoms with Crippen LogP contribution in [0.25, 0.3) is 0 Å². The van der Waals surface area contributed by atoms with Crippen LogP contribution in [0.5, 0.6) is 0 Å². The quantitative estimate of drug-likeness (QED) is 0.644. The Morgan fingerprint density at radius 2 is 2.23 bits per heavy atom. The van der Waals surface area contributed by atoms with Gasteiger partial charge in [-0.2, -0.15) is 11.8 Å². The van der Waals surface area contributed by atoms with Crippen molar-refractivity contribution in [2.75, 3.05) is 24.7 Å². The second-order valence-corrected chi connectivity index (χ2v) is 4.80. The molecule has 2 nitrogen and oxygen atoms in total. The Hall–Kier alpha value is 0.270. The maximum Gasteiger partial charge on any atom is 0.0431 e. The molecule has 0 aromatic heterocycles. The maximum absolute atomic E-state index is 8.59. The number of rotatable bonds is 6. The molecule has 13 heavy (non-hydrogen) atoms. The lowest BCUT2D eigenvalue weighted by molar-refractivity contribution is 0.282. The fourth-order valence-corrected chi connectivity index (χ4v) is 2.73. The molecule has 1 aliphatic heterocycles. The van der Waals surface area contributed by atoms with Crippen molar-refractivity contribution in [2.24, 2.45) is 0 Å². The van der Waals surface area contributed by atoms with Crippen LogP contribution >= 0.6 is 11.8 Å². The average Bonchev–Trinajstić information content (AvgIpc) is 2.19. The van der Waals surface area contributed by atoms with Gasteiger partial charge in [-0.25, -0.2) is 0 Å². The summed E-state index contributed by atoms with van der Waals surface area (Å²) in [5.41, 5.74) is 0.